The van der Waals surface area contributed by atoms with Crippen LogP contribution in [0.2, 0.25) is 0 Å². The third kappa shape index (κ3) is 3.45. The molecule has 1 aromatic heterocycles. The Bertz CT molecular complexity index is 626. The van der Waals surface area contributed by atoms with E-state index in [4.69, 9.17) is 5.11 Å². The number of aromatic nitrogens is 2. The molecule has 0 unspecified atom stereocenters. The van der Waals surface area contributed by atoms with Crippen LogP contribution in [0.25, 0.3) is 0 Å². The Morgan fingerprint density at radius 1 is 1.35 bits per heavy atom. The van der Waals surface area contributed by atoms with Crippen LogP contribution in [-0.4, -0.2) is 26.8 Å². The zero-order chi connectivity index (χ0) is 14.5. The van der Waals surface area contributed by atoms with Crippen molar-refractivity contribution in [3.05, 3.63) is 46.7 Å². The van der Waals surface area contributed by atoms with Crippen LogP contribution < -0.4 is 5.32 Å². The number of amides is 1. The molecular weight excluding hydrogens is 326 g/mol. The molecule has 0 bridgehead atoms. The lowest BCUT2D eigenvalue weighted by atomic mass is 10.1. The van der Waals surface area contributed by atoms with Crippen molar-refractivity contribution < 1.29 is 14.7 Å². The molecule has 2 aromatic rings. The van der Waals surface area contributed by atoms with Crippen LogP contribution >= 0.6 is 15.9 Å². The molecule has 104 valence electrons. The number of carboxylic acid groups (broad SMARTS) is 1. The van der Waals surface area contributed by atoms with Crippen LogP contribution in [0.1, 0.15) is 16.8 Å². The topological polar surface area (TPSA) is 84.2 Å². The molecular formula is C13H12BrN3O3. The number of nitrogens with zero attached hydrogens (tertiary/aromatic N) is 2. The van der Waals surface area contributed by atoms with Crippen molar-refractivity contribution in [1.82, 2.24) is 9.78 Å². The maximum absolute atomic E-state index is 11.9. The first-order valence-electron chi connectivity index (χ1n) is 5.87. The van der Waals surface area contributed by atoms with E-state index < -0.39 is 5.97 Å². The van der Waals surface area contributed by atoms with Gasteiger partial charge >= 0.3 is 5.97 Å². The van der Waals surface area contributed by atoms with E-state index in [1.165, 1.54) is 6.07 Å². The van der Waals surface area contributed by atoms with Gasteiger partial charge in [0.2, 0.25) is 5.91 Å². The second-order valence-corrected chi connectivity index (χ2v) is 4.89. The summed E-state index contributed by atoms with van der Waals surface area (Å²) in [6, 6.07) is 6.49. The van der Waals surface area contributed by atoms with E-state index >= 15 is 0 Å². The number of carbonyl (C=O) groups excluding carboxylic acids is 1. The number of nitrogens with one attached hydrogen (secondary N) is 1. The Morgan fingerprint density at radius 2 is 2.15 bits per heavy atom. The first-order valence-corrected chi connectivity index (χ1v) is 6.66. The third-order valence-electron chi connectivity index (χ3n) is 2.64. The Morgan fingerprint density at radius 3 is 2.80 bits per heavy atom. The summed E-state index contributed by atoms with van der Waals surface area (Å²) in [6.07, 6.45) is 3.60. The van der Waals surface area contributed by atoms with Crippen LogP contribution in [0.3, 0.4) is 0 Å². The van der Waals surface area contributed by atoms with Crippen molar-refractivity contribution in [1.29, 1.82) is 0 Å². The van der Waals surface area contributed by atoms with Crippen LogP contribution in [0, 0.1) is 0 Å². The van der Waals surface area contributed by atoms with Gasteiger partial charge in [0, 0.05) is 29.8 Å². The number of anilines is 1. The van der Waals surface area contributed by atoms with Crippen molar-refractivity contribution in [2.24, 2.45) is 0 Å². The fourth-order valence-electron chi connectivity index (χ4n) is 1.68. The fourth-order valence-corrected chi connectivity index (χ4v) is 2.15. The minimum atomic E-state index is -1.09. The summed E-state index contributed by atoms with van der Waals surface area (Å²) in [5.74, 6) is -1.36. The molecule has 0 fully saturated rings. The van der Waals surface area contributed by atoms with Crippen molar-refractivity contribution in [3.63, 3.8) is 0 Å². The summed E-state index contributed by atoms with van der Waals surface area (Å²) < 4.78 is 2.17. The first-order chi connectivity index (χ1) is 9.58. The lowest BCUT2D eigenvalue weighted by Crippen LogP contribution is -2.17. The van der Waals surface area contributed by atoms with E-state index in [-0.39, 0.29) is 23.6 Å². The van der Waals surface area contributed by atoms with Gasteiger partial charge in [-0.25, -0.2) is 4.79 Å². The van der Waals surface area contributed by atoms with Gasteiger partial charge in [-0.2, -0.15) is 5.10 Å². The van der Waals surface area contributed by atoms with Gasteiger partial charge in [0.1, 0.15) is 0 Å². The Hall–Kier alpha value is -2.15. The quantitative estimate of drug-likeness (QED) is 0.877. The Balaban J connectivity index is 2.06. The van der Waals surface area contributed by atoms with Gasteiger partial charge in [0.25, 0.3) is 0 Å². The number of hydrogen-bond acceptors (Lipinski definition) is 3. The second kappa shape index (κ2) is 6.33. The number of rotatable bonds is 5. The molecule has 1 heterocycles. The van der Waals surface area contributed by atoms with Crippen molar-refractivity contribution in [3.8, 4) is 0 Å². The number of para-hydroxylation sites is 1. The third-order valence-corrected chi connectivity index (χ3v) is 3.30. The van der Waals surface area contributed by atoms with E-state index in [0.717, 1.165) is 0 Å². The summed E-state index contributed by atoms with van der Waals surface area (Å²) >= 11 is 3.24. The highest BCUT2D eigenvalue weighted by Gasteiger charge is 2.15. The molecule has 0 atom stereocenters. The second-order valence-electron chi connectivity index (χ2n) is 4.03. The molecule has 0 saturated carbocycles. The molecule has 6 nitrogen and oxygen atoms in total. The molecule has 0 radical (unpaired) electrons. The number of halogens is 1. The Labute approximate surface area is 123 Å². The zero-order valence-corrected chi connectivity index (χ0v) is 12.0. The predicted molar refractivity (Wildman–Crippen MR) is 76.6 cm³/mol. The lowest BCUT2D eigenvalue weighted by Gasteiger charge is -2.10. The minimum absolute atomic E-state index is 0.0480. The number of aromatic carboxylic acids is 1. The van der Waals surface area contributed by atoms with Gasteiger partial charge < -0.3 is 10.4 Å². The zero-order valence-electron chi connectivity index (χ0n) is 10.4. The molecule has 0 spiro atoms. The average Bonchev–Trinajstić information content (AvgIpc) is 2.91. The van der Waals surface area contributed by atoms with Gasteiger partial charge in [-0.15, -0.1) is 0 Å². The van der Waals surface area contributed by atoms with Crippen LogP contribution in [0.5, 0.6) is 0 Å². The van der Waals surface area contributed by atoms with Gasteiger partial charge in [-0.1, -0.05) is 6.07 Å². The number of carbonyl (C=O) groups is 2. The van der Waals surface area contributed by atoms with E-state index in [1.54, 1.807) is 35.3 Å². The maximum atomic E-state index is 11.9. The summed E-state index contributed by atoms with van der Waals surface area (Å²) in [6.45, 7) is 0.436. The number of hydrogen-bond donors (Lipinski definition) is 2. The summed E-state index contributed by atoms with van der Waals surface area (Å²) in [5, 5.41) is 15.7. The standard InChI is InChI=1S/C13H12BrN3O3/c14-10-4-1-3-9(13(19)20)12(10)16-11(18)5-8-17-7-2-6-15-17/h1-4,6-7H,5,8H2,(H,16,18)(H,19,20). The molecule has 0 saturated heterocycles. The molecule has 2 N–H and O–H groups in total. The normalized spacial score (nSPS) is 10.2. The highest BCUT2D eigenvalue weighted by Crippen LogP contribution is 2.26. The lowest BCUT2D eigenvalue weighted by molar-refractivity contribution is -0.116. The number of carboxylic acids is 1. The molecule has 0 aliphatic carbocycles. The highest BCUT2D eigenvalue weighted by atomic mass is 79.9. The molecule has 0 aliphatic rings. The molecule has 1 aromatic carbocycles. The first kappa shape index (κ1) is 14.3. The van der Waals surface area contributed by atoms with Gasteiger partial charge in [0.05, 0.1) is 11.3 Å². The summed E-state index contributed by atoms with van der Waals surface area (Å²) in [5.41, 5.74) is 0.317. The maximum Gasteiger partial charge on any atom is 0.337 e. The van der Waals surface area contributed by atoms with Gasteiger partial charge in [-0.3, -0.25) is 9.48 Å². The van der Waals surface area contributed by atoms with E-state index in [9.17, 15) is 9.59 Å². The van der Waals surface area contributed by atoms with E-state index in [2.05, 4.69) is 26.3 Å². The highest BCUT2D eigenvalue weighted by molar-refractivity contribution is 9.10. The Kier molecular flexibility index (Phi) is 4.52. The van der Waals surface area contributed by atoms with Crippen molar-refractivity contribution >= 4 is 33.5 Å². The number of aryl methyl sites for hydroxylation is 1. The monoisotopic (exact) mass is 337 g/mol. The summed E-state index contributed by atoms with van der Waals surface area (Å²) in [4.78, 5) is 23.0. The van der Waals surface area contributed by atoms with Gasteiger partial charge in [0.15, 0.2) is 0 Å². The van der Waals surface area contributed by atoms with E-state index in [0.29, 0.717) is 11.0 Å². The predicted octanol–water partition coefficient (Wildman–Crippen LogP) is 2.37. The molecule has 1 amide bonds. The average molecular weight is 338 g/mol. The summed E-state index contributed by atoms with van der Waals surface area (Å²) in [7, 11) is 0. The minimum Gasteiger partial charge on any atom is -0.478 e. The molecule has 0 aliphatic heterocycles. The van der Waals surface area contributed by atoms with Crippen LogP contribution in [0.15, 0.2) is 41.1 Å². The fraction of sp³-hybridized carbons (Fsp3) is 0.154. The van der Waals surface area contributed by atoms with Crippen molar-refractivity contribution in [2.75, 3.05) is 5.32 Å². The van der Waals surface area contributed by atoms with Gasteiger partial charge in [-0.05, 0) is 34.1 Å². The van der Waals surface area contributed by atoms with Crippen LogP contribution in [0.4, 0.5) is 5.69 Å². The van der Waals surface area contributed by atoms with E-state index in [1.807, 2.05) is 0 Å². The largest absolute Gasteiger partial charge is 0.478 e. The number of benzene rings is 1. The molecule has 2 rings (SSSR count). The van der Waals surface area contributed by atoms with Crippen molar-refractivity contribution in [2.45, 2.75) is 13.0 Å². The van der Waals surface area contributed by atoms with Crippen LogP contribution in [-0.2, 0) is 11.3 Å². The SMILES string of the molecule is O=C(CCn1cccn1)Nc1c(Br)cccc1C(=O)O. The molecule has 20 heavy (non-hydrogen) atoms. The molecule has 7 heteroatoms. The smallest absolute Gasteiger partial charge is 0.337 e.